The Balaban J connectivity index is 1.88. The summed E-state index contributed by atoms with van der Waals surface area (Å²) in [6.45, 7) is 4.27. The minimum Gasteiger partial charge on any atom is -0.395 e. The van der Waals surface area contributed by atoms with Crippen molar-refractivity contribution in [2.24, 2.45) is 7.05 Å². The van der Waals surface area contributed by atoms with E-state index in [1.165, 1.54) is 6.92 Å². The highest BCUT2D eigenvalue weighted by molar-refractivity contribution is 5.98. The number of β-amino-alcohol motifs (C(OH)–C–C–N with tert-alkyl or cyclic N) is 1. The van der Waals surface area contributed by atoms with Crippen molar-refractivity contribution >= 4 is 17.5 Å². The normalized spacial score (nSPS) is 25.6. The van der Waals surface area contributed by atoms with Crippen molar-refractivity contribution in [1.82, 2.24) is 19.6 Å². The predicted molar refractivity (Wildman–Crippen MR) is 83.8 cm³/mol. The molecule has 3 rings (SSSR count). The topological polar surface area (TPSA) is 81.9 Å². The van der Waals surface area contributed by atoms with Gasteiger partial charge < -0.3 is 14.9 Å². The Kier molecular flexibility index (Phi) is 4.11. The van der Waals surface area contributed by atoms with E-state index in [-0.39, 0.29) is 30.5 Å². The highest BCUT2D eigenvalue weighted by Crippen LogP contribution is 2.34. The molecular weight excluding hydrogens is 298 g/mol. The molecular formula is C15H23N5O3. The predicted octanol–water partition coefficient (Wildman–Crippen LogP) is -0.948. The summed E-state index contributed by atoms with van der Waals surface area (Å²) >= 11 is 0. The average Bonchev–Trinajstić information content (AvgIpc) is 3.09. The first kappa shape index (κ1) is 15.9. The van der Waals surface area contributed by atoms with E-state index in [0.29, 0.717) is 19.6 Å². The van der Waals surface area contributed by atoms with Crippen molar-refractivity contribution in [3.63, 3.8) is 0 Å². The molecule has 0 bridgehead atoms. The van der Waals surface area contributed by atoms with Gasteiger partial charge in [0.25, 0.3) is 0 Å². The number of piperazine rings is 1. The maximum absolute atomic E-state index is 12.5. The van der Waals surface area contributed by atoms with Gasteiger partial charge in [-0.25, -0.2) is 0 Å². The van der Waals surface area contributed by atoms with Gasteiger partial charge in [-0.3, -0.25) is 19.2 Å². The van der Waals surface area contributed by atoms with Gasteiger partial charge in [-0.2, -0.15) is 5.10 Å². The molecule has 0 aromatic carbocycles. The lowest BCUT2D eigenvalue weighted by Gasteiger charge is -2.48. The number of aromatic nitrogens is 2. The van der Waals surface area contributed by atoms with E-state index in [1.807, 2.05) is 13.2 Å². The monoisotopic (exact) mass is 321 g/mol. The van der Waals surface area contributed by atoms with Gasteiger partial charge in [0.1, 0.15) is 6.54 Å². The number of hydrogen-bond acceptors (Lipinski definition) is 5. The van der Waals surface area contributed by atoms with Gasteiger partial charge in [0.2, 0.25) is 11.8 Å². The van der Waals surface area contributed by atoms with Crippen LogP contribution in [0.2, 0.25) is 0 Å². The molecule has 1 atom stereocenters. The van der Waals surface area contributed by atoms with Gasteiger partial charge in [0.15, 0.2) is 0 Å². The lowest BCUT2D eigenvalue weighted by molar-refractivity contribution is -0.142. The van der Waals surface area contributed by atoms with Crippen LogP contribution in [0.4, 0.5) is 5.69 Å². The minimum absolute atomic E-state index is 0.0740. The summed E-state index contributed by atoms with van der Waals surface area (Å²) in [7, 11) is 1.81. The number of aliphatic hydroxyl groups excluding tert-OH is 1. The van der Waals surface area contributed by atoms with E-state index >= 15 is 0 Å². The number of carbonyl (C=O) groups excluding carboxylic acids is 2. The summed E-state index contributed by atoms with van der Waals surface area (Å²) in [6.07, 6.45) is 4.29. The third-order valence-corrected chi connectivity index (χ3v) is 4.83. The maximum Gasteiger partial charge on any atom is 0.246 e. The Morgan fingerprint density at radius 3 is 2.83 bits per heavy atom. The van der Waals surface area contributed by atoms with Crippen molar-refractivity contribution in [2.75, 3.05) is 44.2 Å². The summed E-state index contributed by atoms with van der Waals surface area (Å²) < 4.78 is 1.67. The van der Waals surface area contributed by atoms with Crippen molar-refractivity contribution in [2.45, 2.75) is 18.9 Å². The second-order valence-electron chi connectivity index (χ2n) is 6.43. The Morgan fingerprint density at radius 1 is 1.43 bits per heavy atom. The quantitative estimate of drug-likeness (QED) is 0.776. The van der Waals surface area contributed by atoms with Crippen molar-refractivity contribution in [3.8, 4) is 0 Å². The van der Waals surface area contributed by atoms with E-state index < -0.39 is 0 Å². The molecule has 1 spiro atoms. The van der Waals surface area contributed by atoms with Gasteiger partial charge in [0, 0.05) is 39.8 Å². The summed E-state index contributed by atoms with van der Waals surface area (Å²) in [4.78, 5) is 30.2. The fourth-order valence-electron chi connectivity index (χ4n) is 3.71. The first-order chi connectivity index (χ1) is 10.9. The van der Waals surface area contributed by atoms with E-state index in [9.17, 15) is 9.59 Å². The fourth-order valence-corrected chi connectivity index (χ4v) is 3.71. The van der Waals surface area contributed by atoms with Crippen LogP contribution in [0.25, 0.3) is 0 Å². The number of amides is 2. The Morgan fingerprint density at radius 2 is 2.22 bits per heavy atom. The van der Waals surface area contributed by atoms with Gasteiger partial charge in [0.05, 0.1) is 30.6 Å². The van der Waals surface area contributed by atoms with Gasteiger partial charge in [-0.1, -0.05) is 0 Å². The molecule has 2 aliphatic heterocycles. The zero-order valence-corrected chi connectivity index (χ0v) is 13.6. The molecule has 2 amide bonds. The molecule has 3 heterocycles. The molecule has 23 heavy (non-hydrogen) atoms. The summed E-state index contributed by atoms with van der Waals surface area (Å²) in [5.41, 5.74) is 0.380. The zero-order valence-electron chi connectivity index (χ0n) is 13.6. The molecule has 8 nitrogen and oxygen atoms in total. The number of nitrogens with zero attached hydrogens (tertiary/aromatic N) is 5. The molecule has 0 radical (unpaired) electrons. The highest BCUT2D eigenvalue weighted by atomic mass is 16.3. The van der Waals surface area contributed by atoms with Crippen LogP contribution >= 0.6 is 0 Å². The minimum atomic E-state index is -0.384. The molecule has 1 N–H and O–H groups in total. The first-order valence-corrected chi connectivity index (χ1v) is 7.86. The number of anilines is 1. The molecule has 1 unspecified atom stereocenters. The van der Waals surface area contributed by atoms with Crippen LogP contribution in [0.5, 0.6) is 0 Å². The molecule has 2 fully saturated rings. The van der Waals surface area contributed by atoms with Crippen LogP contribution in [0.15, 0.2) is 12.4 Å². The van der Waals surface area contributed by atoms with E-state index in [4.69, 9.17) is 5.11 Å². The van der Waals surface area contributed by atoms with Gasteiger partial charge in [-0.05, 0) is 6.42 Å². The molecule has 0 saturated carbocycles. The number of aliphatic hydroxyl groups is 1. The second kappa shape index (κ2) is 5.93. The smallest absolute Gasteiger partial charge is 0.246 e. The number of aryl methyl sites for hydroxylation is 1. The Bertz CT molecular complexity index is 616. The second-order valence-corrected chi connectivity index (χ2v) is 6.43. The molecule has 1 aromatic rings. The van der Waals surface area contributed by atoms with Crippen LogP contribution in [0.1, 0.15) is 13.3 Å². The maximum atomic E-state index is 12.5. The van der Waals surface area contributed by atoms with Crippen molar-refractivity contribution in [1.29, 1.82) is 0 Å². The number of hydrogen-bond donors (Lipinski definition) is 1. The summed E-state index contributed by atoms with van der Waals surface area (Å²) in [6, 6.07) is 0. The van der Waals surface area contributed by atoms with E-state index in [1.54, 1.807) is 20.7 Å². The Hall–Kier alpha value is -1.93. The summed E-state index contributed by atoms with van der Waals surface area (Å²) in [5, 5.41) is 13.3. The Labute approximate surface area is 135 Å². The molecule has 1 aromatic heterocycles. The van der Waals surface area contributed by atoms with Crippen LogP contribution in [-0.2, 0) is 16.6 Å². The van der Waals surface area contributed by atoms with E-state index in [0.717, 1.165) is 18.7 Å². The molecule has 2 saturated heterocycles. The fraction of sp³-hybridized carbons (Fsp3) is 0.667. The number of likely N-dealkylation sites (tertiary alicyclic amines) is 1. The van der Waals surface area contributed by atoms with Crippen molar-refractivity contribution in [3.05, 3.63) is 12.4 Å². The van der Waals surface area contributed by atoms with Crippen LogP contribution in [-0.4, -0.2) is 81.4 Å². The zero-order chi connectivity index (χ0) is 16.6. The molecule has 8 heteroatoms. The molecule has 0 aliphatic carbocycles. The standard InChI is InChI=1S/C15H23N5O3/c1-12(22)20-9-14(23)19(13-7-16-17(2)8-13)11-15(20)3-4-18(10-15)5-6-21/h7-8,21H,3-6,9-11H2,1-2H3. The van der Waals surface area contributed by atoms with Crippen LogP contribution < -0.4 is 4.90 Å². The molecule has 126 valence electrons. The third kappa shape index (κ3) is 2.84. The van der Waals surface area contributed by atoms with Crippen molar-refractivity contribution < 1.29 is 14.7 Å². The molecule has 2 aliphatic rings. The largest absolute Gasteiger partial charge is 0.395 e. The van der Waals surface area contributed by atoms with Gasteiger partial charge >= 0.3 is 0 Å². The lowest BCUT2D eigenvalue weighted by atomic mass is 9.92. The lowest BCUT2D eigenvalue weighted by Crippen LogP contribution is -2.66. The van der Waals surface area contributed by atoms with Crippen LogP contribution in [0, 0.1) is 0 Å². The number of carbonyl (C=O) groups is 2. The van der Waals surface area contributed by atoms with Crippen LogP contribution in [0.3, 0.4) is 0 Å². The number of rotatable bonds is 3. The first-order valence-electron chi connectivity index (χ1n) is 7.86. The van der Waals surface area contributed by atoms with E-state index in [2.05, 4.69) is 10.00 Å². The van der Waals surface area contributed by atoms with Gasteiger partial charge in [-0.15, -0.1) is 0 Å². The highest BCUT2D eigenvalue weighted by Gasteiger charge is 2.50. The summed E-state index contributed by atoms with van der Waals surface area (Å²) in [5.74, 6) is -0.158. The SMILES string of the molecule is CC(=O)N1CC(=O)N(c2cnn(C)c2)CC12CCN(CCO)C2. The average molecular weight is 321 g/mol. The third-order valence-electron chi connectivity index (χ3n) is 4.83.